The highest BCUT2D eigenvalue weighted by Gasteiger charge is 2.31. The van der Waals surface area contributed by atoms with E-state index >= 15 is 0 Å². The summed E-state index contributed by atoms with van der Waals surface area (Å²) in [6, 6.07) is 47.0. The minimum atomic E-state index is 0.133. The number of aromatic nitrogens is 5. The van der Waals surface area contributed by atoms with Crippen LogP contribution in [0.25, 0.3) is 86.3 Å². The lowest BCUT2D eigenvalue weighted by molar-refractivity contribution is 0.650. The third-order valence-electron chi connectivity index (χ3n) is 12.0. The van der Waals surface area contributed by atoms with Crippen molar-refractivity contribution in [2.75, 3.05) is 0 Å². The van der Waals surface area contributed by atoms with E-state index in [1.54, 1.807) is 11.3 Å². The molecule has 1 aliphatic carbocycles. The number of fused-ring (bicyclic) bond motifs is 7. The van der Waals surface area contributed by atoms with Crippen LogP contribution in [0.15, 0.2) is 163 Å². The van der Waals surface area contributed by atoms with E-state index in [1.807, 2.05) is 48.0 Å². The van der Waals surface area contributed by atoms with Gasteiger partial charge < -0.3 is 0 Å². The van der Waals surface area contributed by atoms with Gasteiger partial charge in [-0.2, -0.15) is 0 Å². The Hall–Kier alpha value is -7.00. The van der Waals surface area contributed by atoms with E-state index in [0.29, 0.717) is 0 Å². The molecular weight excluding hydrogens is 785 g/mol. The maximum atomic E-state index is 5.53. The summed E-state index contributed by atoms with van der Waals surface area (Å²) in [7, 11) is 0. The van der Waals surface area contributed by atoms with Gasteiger partial charge in [0.15, 0.2) is 0 Å². The second-order valence-electron chi connectivity index (χ2n) is 15.8. The summed E-state index contributed by atoms with van der Waals surface area (Å²) < 4.78 is 3.54. The summed E-state index contributed by atoms with van der Waals surface area (Å²) in [4.78, 5) is 32.1. The van der Waals surface area contributed by atoms with Crippen molar-refractivity contribution < 1.29 is 0 Å². The second-order valence-corrected chi connectivity index (χ2v) is 17.9. The Kier molecular flexibility index (Phi) is 8.61. The van der Waals surface area contributed by atoms with Crippen molar-refractivity contribution in [1.82, 2.24) is 24.9 Å². The lowest BCUT2D eigenvalue weighted by atomic mass is 9.87. The number of hydrogen-bond donors (Lipinski definition) is 0. The van der Waals surface area contributed by atoms with Crippen molar-refractivity contribution in [3.05, 3.63) is 185 Å². The molecule has 2 aliphatic rings. The average Bonchev–Trinajstić information content (AvgIpc) is 3.89. The van der Waals surface area contributed by atoms with Gasteiger partial charge in [-0.05, 0) is 90.6 Å². The van der Waals surface area contributed by atoms with Gasteiger partial charge in [-0.1, -0.05) is 97.1 Å². The minimum Gasteiger partial charge on any atom is -0.288 e. The maximum Gasteiger partial charge on any atom is 0.0973 e. The molecule has 2 atom stereocenters. The molecule has 0 saturated carbocycles. The Balaban J connectivity index is 0.993. The third kappa shape index (κ3) is 6.21. The van der Waals surface area contributed by atoms with Gasteiger partial charge in [-0.3, -0.25) is 9.98 Å². The molecule has 0 amide bonds. The van der Waals surface area contributed by atoms with Crippen molar-refractivity contribution in [3.63, 3.8) is 0 Å². The summed E-state index contributed by atoms with van der Waals surface area (Å²) in [5.41, 5.74) is 16.4. The Morgan fingerprint density at radius 2 is 1.38 bits per heavy atom. The van der Waals surface area contributed by atoms with Gasteiger partial charge in [0, 0.05) is 61.7 Å². The van der Waals surface area contributed by atoms with E-state index in [9.17, 15) is 0 Å². The monoisotopic (exact) mass is 820 g/mol. The molecule has 0 saturated heterocycles. The van der Waals surface area contributed by atoms with Gasteiger partial charge in [-0.25, -0.2) is 19.9 Å². The van der Waals surface area contributed by atoms with E-state index in [0.717, 1.165) is 90.0 Å². The number of hydrogen-bond acceptors (Lipinski definition) is 8. The Morgan fingerprint density at radius 1 is 0.623 bits per heavy atom. The fourth-order valence-electron chi connectivity index (χ4n) is 8.99. The molecule has 8 heteroatoms. The normalized spacial score (nSPS) is 16.3. The van der Waals surface area contributed by atoms with Gasteiger partial charge in [0.05, 0.1) is 60.3 Å². The first-order chi connectivity index (χ1) is 30.1. The number of rotatable bonds is 6. The molecule has 0 bridgehead atoms. The molecule has 6 nitrogen and oxygen atoms in total. The van der Waals surface area contributed by atoms with E-state index in [1.165, 1.54) is 36.5 Å². The molecular formula is C53H36N6S2. The minimum absolute atomic E-state index is 0.133. The Bertz CT molecular complexity index is 3450. The van der Waals surface area contributed by atoms with Crippen LogP contribution in [0.1, 0.15) is 53.1 Å². The fraction of sp³-hybridized carbons (Fsp3) is 0.0943. The first kappa shape index (κ1) is 35.9. The largest absolute Gasteiger partial charge is 0.288 e. The number of aliphatic imine (C=N–C) groups is 1. The van der Waals surface area contributed by atoms with Gasteiger partial charge >= 0.3 is 0 Å². The summed E-state index contributed by atoms with van der Waals surface area (Å²) in [6.07, 6.45) is 12.2. The van der Waals surface area contributed by atoms with Gasteiger partial charge in [0.25, 0.3) is 0 Å². The molecule has 290 valence electrons. The summed E-state index contributed by atoms with van der Waals surface area (Å²) >= 11 is 3.62. The van der Waals surface area contributed by atoms with Gasteiger partial charge in [0.2, 0.25) is 0 Å². The molecule has 61 heavy (non-hydrogen) atoms. The van der Waals surface area contributed by atoms with E-state index in [-0.39, 0.29) is 12.0 Å². The first-order valence-corrected chi connectivity index (χ1v) is 22.3. The third-order valence-corrected chi connectivity index (χ3v) is 14.4. The summed E-state index contributed by atoms with van der Waals surface area (Å²) in [5, 5.41) is 1.08. The SMILES string of the molecule is CC1N=Cc2c(sc3c(-c4ccccc4)cc(C4=CC(c5nc6ccccc6nc5-c5cccc(-c6ccc7sc8ccncc8c7n6)c5)=CCC4)nc23)C1c1ccccc1. The van der Waals surface area contributed by atoms with Gasteiger partial charge in [0.1, 0.15) is 0 Å². The lowest BCUT2D eigenvalue weighted by Gasteiger charge is -2.24. The zero-order chi connectivity index (χ0) is 40.4. The standard InChI is InChI=1S/C53H36N6S2/c1-31-47(33-14-6-3-7-15-33)52-40(30-55-31)51-53(61-52)38(32-12-4-2-5-13-32)28-44(59-51)35-17-11-19-37(27-35)49-48(57-42-20-8-9-21-43(42)58-49)36-18-10-16-34(26-36)41-22-23-46-50(56-41)39-29-54-25-24-45(39)60-46/h2-10,12-16,18-31,47H,11,17H2,1H3. The van der Waals surface area contributed by atoms with Crippen LogP contribution in [0.4, 0.5) is 0 Å². The molecule has 0 spiro atoms. The smallest absolute Gasteiger partial charge is 0.0973 e. The molecule has 12 rings (SSSR count). The molecule has 1 aliphatic heterocycles. The number of allylic oxidation sites excluding steroid dienone is 4. The summed E-state index contributed by atoms with van der Waals surface area (Å²) in [6.45, 7) is 2.22. The van der Waals surface area contributed by atoms with Crippen LogP contribution in [-0.2, 0) is 0 Å². The van der Waals surface area contributed by atoms with E-state index in [4.69, 9.17) is 24.9 Å². The van der Waals surface area contributed by atoms with Crippen LogP contribution in [0, 0.1) is 0 Å². The van der Waals surface area contributed by atoms with Gasteiger partial charge in [-0.15, -0.1) is 22.7 Å². The van der Waals surface area contributed by atoms with Crippen LogP contribution < -0.4 is 0 Å². The van der Waals surface area contributed by atoms with E-state index in [2.05, 4.69) is 139 Å². The van der Waals surface area contributed by atoms with Crippen LogP contribution in [-0.4, -0.2) is 37.2 Å². The lowest BCUT2D eigenvalue weighted by Crippen LogP contribution is -2.19. The Morgan fingerprint density at radius 3 is 2.23 bits per heavy atom. The van der Waals surface area contributed by atoms with Crippen molar-refractivity contribution in [3.8, 4) is 33.6 Å². The fourth-order valence-corrected chi connectivity index (χ4v) is 11.5. The predicted octanol–water partition coefficient (Wildman–Crippen LogP) is 13.6. The zero-order valence-electron chi connectivity index (χ0n) is 33.2. The molecule has 0 fully saturated rings. The molecule has 4 aromatic carbocycles. The highest BCUT2D eigenvalue weighted by Crippen LogP contribution is 2.47. The molecule has 6 aromatic heterocycles. The number of para-hydroxylation sites is 2. The predicted molar refractivity (Wildman–Crippen MR) is 254 cm³/mol. The number of benzene rings is 4. The first-order valence-electron chi connectivity index (χ1n) is 20.7. The molecule has 2 unspecified atom stereocenters. The van der Waals surface area contributed by atoms with Crippen molar-refractivity contribution in [1.29, 1.82) is 0 Å². The van der Waals surface area contributed by atoms with Crippen LogP contribution in [0.3, 0.4) is 0 Å². The zero-order valence-corrected chi connectivity index (χ0v) is 34.8. The number of nitrogens with zero attached hydrogens (tertiary/aromatic N) is 6. The van der Waals surface area contributed by atoms with Crippen LogP contribution in [0.2, 0.25) is 0 Å². The van der Waals surface area contributed by atoms with Crippen molar-refractivity contribution in [2.45, 2.75) is 31.7 Å². The average molecular weight is 821 g/mol. The molecule has 0 N–H and O–H groups in total. The summed E-state index contributed by atoms with van der Waals surface area (Å²) in [5.74, 6) is 0.172. The van der Waals surface area contributed by atoms with Crippen LogP contribution in [0.5, 0.6) is 0 Å². The molecule has 0 radical (unpaired) electrons. The Labute approximate surface area is 360 Å². The second kappa shape index (κ2) is 14.6. The van der Waals surface area contributed by atoms with Crippen LogP contribution >= 0.6 is 22.7 Å². The van der Waals surface area contributed by atoms with Crippen molar-refractivity contribution >= 4 is 81.6 Å². The van der Waals surface area contributed by atoms with Crippen molar-refractivity contribution in [2.24, 2.45) is 4.99 Å². The maximum absolute atomic E-state index is 5.53. The van der Waals surface area contributed by atoms with E-state index < -0.39 is 0 Å². The highest BCUT2D eigenvalue weighted by atomic mass is 32.1. The number of pyridine rings is 3. The highest BCUT2D eigenvalue weighted by molar-refractivity contribution is 7.25. The molecule has 7 heterocycles. The molecule has 10 aromatic rings. The number of thiophene rings is 2. The topological polar surface area (TPSA) is 76.8 Å². The quantitative estimate of drug-likeness (QED) is 0.167.